The number of allylic oxidation sites excluding steroid dienone is 4. The normalized spacial score (nSPS) is 20.8. The number of quaternary nitrogens is 1. The number of carbonyl (C=O) groups excluding carboxylic acids is 2. The van der Waals surface area contributed by atoms with Gasteiger partial charge in [-0.25, -0.2) is 4.57 Å². The van der Waals surface area contributed by atoms with Gasteiger partial charge in [-0.3, -0.25) is 18.6 Å². The van der Waals surface area contributed by atoms with Crippen LogP contribution in [0.3, 0.4) is 0 Å². The molecule has 1 saturated heterocycles. The minimum atomic E-state index is -4.45. The van der Waals surface area contributed by atoms with E-state index in [9.17, 15) is 34.4 Å². The summed E-state index contributed by atoms with van der Waals surface area (Å²) in [6.07, 6.45) is 28.1. The van der Waals surface area contributed by atoms with Gasteiger partial charge >= 0.3 is 19.8 Å². The summed E-state index contributed by atoms with van der Waals surface area (Å²) in [7, 11) is 1.30. The summed E-state index contributed by atoms with van der Waals surface area (Å²) < 4.78 is 40.0. The fourth-order valence-corrected chi connectivity index (χ4v) is 7.44. The molecule has 350 valence electrons. The van der Waals surface area contributed by atoms with Crippen LogP contribution in [0.15, 0.2) is 36.5 Å². The lowest BCUT2D eigenvalue weighted by Gasteiger charge is -2.36. The van der Waals surface area contributed by atoms with Crippen LogP contribution < -0.4 is 0 Å². The first-order valence-corrected chi connectivity index (χ1v) is 24.6. The van der Waals surface area contributed by atoms with Crippen LogP contribution in [0.25, 0.3) is 0 Å². The Bertz CT molecular complexity index is 1240. The molecule has 1 aliphatic heterocycles. The zero-order valence-electron chi connectivity index (χ0n) is 38.0. The highest BCUT2D eigenvalue weighted by molar-refractivity contribution is 7.47. The van der Waals surface area contributed by atoms with Gasteiger partial charge in [0, 0.05) is 25.2 Å². The quantitative estimate of drug-likeness (QED) is 0.0153. The standard InChI is InChI=1S/C46H84NO12P/c1-6-8-10-11-12-13-14-15-16-17-18-19-20-21-26-30-44(50)55-37-40(38-57-60(53,54)56-35-34-47(3,4)5)58-45(51)31-27-23-22-25-29-41-42(49)36-46(52)59-43(41)33-32-39(48)28-24-9-7-2/h13-14,22,25,32-33,39-43,46,48-49,52H,6-12,15-21,23-24,26-31,34-38H2,1-5H3/p+1/b14-13-,25-22-,33-32+/t39-,40+,41-,42-,43+,46?/m0/s1. The number of likely N-dealkylation sites (N-methyl/N-ethyl adjacent to an activating group) is 1. The molecule has 0 aromatic carbocycles. The zero-order valence-corrected chi connectivity index (χ0v) is 38.9. The number of nitrogens with zero attached hydrogens (tertiary/aromatic N) is 1. The summed E-state index contributed by atoms with van der Waals surface area (Å²) in [5, 5.41) is 31.0. The lowest BCUT2D eigenvalue weighted by molar-refractivity contribution is -0.870. The number of esters is 2. The van der Waals surface area contributed by atoms with E-state index < -0.39 is 57.1 Å². The number of phosphoric acid groups is 1. The van der Waals surface area contributed by atoms with Gasteiger partial charge in [-0.05, 0) is 57.8 Å². The molecule has 7 atom stereocenters. The Balaban J connectivity index is 2.53. The number of rotatable bonds is 37. The predicted octanol–water partition coefficient (Wildman–Crippen LogP) is 9.02. The molecule has 60 heavy (non-hydrogen) atoms. The number of aliphatic hydroxyl groups is 3. The van der Waals surface area contributed by atoms with Crippen LogP contribution >= 0.6 is 7.82 Å². The molecule has 0 saturated carbocycles. The van der Waals surface area contributed by atoms with Crippen molar-refractivity contribution in [1.29, 1.82) is 0 Å². The number of unbranched alkanes of at least 4 members (excludes halogenated alkanes) is 14. The Labute approximate surface area is 363 Å². The van der Waals surface area contributed by atoms with Gasteiger partial charge in [0.2, 0.25) is 0 Å². The molecule has 0 bridgehead atoms. The van der Waals surface area contributed by atoms with Crippen LogP contribution in [0.4, 0.5) is 0 Å². The van der Waals surface area contributed by atoms with Crippen molar-refractivity contribution in [3.05, 3.63) is 36.5 Å². The molecule has 0 aromatic rings. The van der Waals surface area contributed by atoms with Gasteiger partial charge in [-0.2, -0.15) is 0 Å². The van der Waals surface area contributed by atoms with Crippen LogP contribution in [0.5, 0.6) is 0 Å². The highest BCUT2D eigenvalue weighted by Gasteiger charge is 2.35. The average molecular weight is 875 g/mol. The van der Waals surface area contributed by atoms with Gasteiger partial charge in [0.1, 0.15) is 19.8 Å². The summed E-state index contributed by atoms with van der Waals surface area (Å²) in [5.41, 5.74) is 0. The molecule has 0 amide bonds. The van der Waals surface area contributed by atoms with Crippen LogP contribution in [-0.4, -0.2) is 115 Å². The van der Waals surface area contributed by atoms with E-state index in [0.29, 0.717) is 43.1 Å². The molecule has 14 heteroatoms. The zero-order chi connectivity index (χ0) is 44.5. The smallest absolute Gasteiger partial charge is 0.462 e. The molecule has 1 rings (SSSR count). The van der Waals surface area contributed by atoms with Gasteiger partial charge in [-0.15, -0.1) is 0 Å². The monoisotopic (exact) mass is 875 g/mol. The predicted molar refractivity (Wildman–Crippen MR) is 237 cm³/mol. The molecular formula is C46H85NO12P+. The van der Waals surface area contributed by atoms with Crippen molar-refractivity contribution in [2.24, 2.45) is 5.92 Å². The van der Waals surface area contributed by atoms with Gasteiger partial charge in [0.05, 0.1) is 46.1 Å². The van der Waals surface area contributed by atoms with Gasteiger partial charge < -0.3 is 38.9 Å². The second-order valence-corrected chi connectivity index (χ2v) is 18.8. The molecule has 0 aliphatic carbocycles. The number of hydrogen-bond acceptors (Lipinski definition) is 11. The molecule has 1 heterocycles. The second-order valence-electron chi connectivity index (χ2n) is 17.3. The third kappa shape index (κ3) is 31.8. The molecule has 13 nitrogen and oxygen atoms in total. The van der Waals surface area contributed by atoms with Crippen LogP contribution in [-0.2, 0) is 37.4 Å². The van der Waals surface area contributed by atoms with Crippen molar-refractivity contribution in [2.75, 3.05) is 47.5 Å². The maximum absolute atomic E-state index is 12.8. The Hall–Kier alpha value is -1.93. The third-order valence-electron chi connectivity index (χ3n) is 10.4. The number of aliphatic hydroxyl groups excluding tert-OH is 3. The molecular weight excluding hydrogens is 789 g/mol. The summed E-state index contributed by atoms with van der Waals surface area (Å²) >= 11 is 0. The number of carbonyl (C=O) groups is 2. The van der Waals surface area contributed by atoms with E-state index in [-0.39, 0.29) is 38.4 Å². The molecule has 1 fully saturated rings. The Morgan fingerprint density at radius 2 is 1.35 bits per heavy atom. The minimum absolute atomic E-state index is 0.0187. The minimum Gasteiger partial charge on any atom is -0.462 e. The lowest BCUT2D eigenvalue weighted by Crippen LogP contribution is -2.43. The first-order valence-electron chi connectivity index (χ1n) is 23.1. The van der Waals surface area contributed by atoms with Gasteiger partial charge in [-0.1, -0.05) is 121 Å². The SMILES string of the molecule is CCCCCC/C=C\CCCCCCCCCC(=O)OC[C@H](COP(=O)(O)OCC[N+](C)(C)C)OC(=O)CCC/C=C\C[C@H]1[C@@H](O)CC(O)O[C@@H]1/C=C/[C@@H](O)CCCCC. The summed E-state index contributed by atoms with van der Waals surface area (Å²) in [6.45, 7) is 3.98. The molecule has 1 aliphatic rings. The Kier molecular flexibility index (Phi) is 32.3. The van der Waals surface area contributed by atoms with E-state index in [1.54, 1.807) is 12.2 Å². The number of ether oxygens (including phenoxy) is 3. The average Bonchev–Trinajstić information content (AvgIpc) is 3.18. The van der Waals surface area contributed by atoms with E-state index >= 15 is 0 Å². The Morgan fingerprint density at radius 3 is 2.02 bits per heavy atom. The fraction of sp³-hybridized carbons (Fsp3) is 0.826. The van der Waals surface area contributed by atoms with Crippen molar-refractivity contribution in [3.63, 3.8) is 0 Å². The van der Waals surface area contributed by atoms with Crippen LogP contribution in [0, 0.1) is 5.92 Å². The summed E-state index contributed by atoms with van der Waals surface area (Å²) in [6, 6.07) is 0. The van der Waals surface area contributed by atoms with E-state index in [4.69, 9.17) is 23.3 Å². The first-order chi connectivity index (χ1) is 28.7. The molecule has 0 aromatic heterocycles. The van der Waals surface area contributed by atoms with Crippen molar-refractivity contribution in [3.8, 4) is 0 Å². The molecule has 2 unspecified atom stereocenters. The Morgan fingerprint density at radius 1 is 0.767 bits per heavy atom. The molecule has 0 spiro atoms. The van der Waals surface area contributed by atoms with E-state index in [2.05, 4.69) is 26.0 Å². The van der Waals surface area contributed by atoms with Crippen molar-refractivity contribution >= 4 is 19.8 Å². The number of hydrogen-bond donors (Lipinski definition) is 4. The topological polar surface area (TPSA) is 178 Å². The van der Waals surface area contributed by atoms with E-state index in [1.165, 1.54) is 51.4 Å². The van der Waals surface area contributed by atoms with Crippen LogP contribution in [0.2, 0.25) is 0 Å². The largest absolute Gasteiger partial charge is 0.472 e. The molecule has 4 N–H and O–H groups in total. The highest BCUT2D eigenvalue weighted by atomic mass is 31.2. The van der Waals surface area contributed by atoms with Crippen molar-refractivity contribution < 1.29 is 62.1 Å². The van der Waals surface area contributed by atoms with Gasteiger partial charge in [0.15, 0.2) is 12.4 Å². The van der Waals surface area contributed by atoms with E-state index in [1.807, 2.05) is 33.3 Å². The van der Waals surface area contributed by atoms with Crippen molar-refractivity contribution in [1.82, 2.24) is 0 Å². The van der Waals surface area contributed by atoms with Gasteiger partial charge in [0.25, 0.3) is 0 Å². The number of phosphoric ester groups is 1. The second kappa shape index (κ2) is 34.5. The van der Waals surface area contributed by atoms with Crippen molar-refractivity contribution in [2.45, 2.75) is 192 Å². The van der Waals surface area contributed by atoms with E-state index in [0.717, 1.165) is 44.9 Å². The summed E-state index contributed by atoms with van der Waals surface area (Å²) in [4.78, 5) is 35.6. The maximum Gasteiger partial charge on any atom is 0.472 e. The third-order valence-corrected chi connectivity index (χ3v) is 11.4. The fourth-order valence-electron chi connectivity index (χ4n) is 6.69. The lowest BCUT2D eigenvalue weighted by atomic mass is 9.87. The summed E-state index contributed by atoms with van der Waals surface area (Å²) in [5.74, 6) is -1.32. The van der Waals surface area contributed by atoms with Crippen LogP contribution in [0.1, 0.15) is 162 Å². The maximum atomic E-state index is 12.8. The first kappa shape index (κ1) is 56.1. The molecule has 0 radical (unpaired) electrons. The highest BCUT2D eigenvalue weighted by Crippen LogP contribution is 2.43.